The van der Waals surface area contributed by atoms with Crippen molar-refractivity contribution < 1.29 is 0 Å². The van der Waals surface area contributed by atoms with Gasteiger partial charge in [-0.15, -0.1) is 0 Å². The molecule has 116 valence electrons. The Morgan fingerprint density at radius 1 is 0.667 bits per heavy atom. The number of hydrogen-bond donors (Lipinski definition) is 2. The number of nitrogens with one attached hydrogen (secondary N) is 2. The molecule has 24 heavy (non-hydrogen) atoms. The number of nitrogens with zero attached hydrogens (tertiary/aromatic N) is 4. The van der Waals surface area contributed by atoms with Crippen molar-refractivity contribution in [1.29, 1.82) is 0 Å². The van der Waals surface area contributed by atoms with Crippen molar-refractivity contribution in [3.05, 3.63) is 73.2 Å². The summed E-state index contributed by atoms with van der Waals surface area (Å²) >= 11 is 0. The Morgan fingerprint density at radius 3 is 2.04 bits per heavy atom. The summed E-state index contributed by atoms with van der Waals surface area (Å²) in [7, 11) is 0. The second-order valence-corrected chi connectivity index (χ2v) is 5.13. The van der Waals surface area contributed by atoms with Crippen LogP contribution in [-0.4, -0.2) is 19.9 Å². The molecule has 0 fully saturated rings. The van der Waals surface area contributed by atoms with Crippen LogP contribution in [0.3, 0.4) is 0 Å². The van der Waals surface area contributed by atoms with Gasteiger partial charge in [0.25, 0.3) is 0 Å². The summed E-state index contributed by atoms with van der Waals surface area (Å²) in [6.07, 6.45) is 3.19. The molecule has 2 N–H and O–H groups in total. The summed E-state index contributed by atoms with van der Waals surface area (Å²) in [5.41, 5.74) is 3.21. The zero-order chi connectivity index (χ0) is 16.2. The molecule has 0 radical (unpaired) electrons. The zero-order valence-electron chi connectivity index (χ0n) is 12.7. The zero-order valence-corrected chi connectivity index (χ0v) is 12.7. The second-order valence-electron chi connectivity index (χ2n) is 5.13. The lowest BCUT2D eigenvalue weighted by molar-refractivity contribution is 1.15. The first kappa shape index (κ1) is 14.1. The number of anilines is 4. The lowest BCUT2D eigenvalue weighted by Crippen LogP contribution is -2.01. The summed E-state index contributed by atoms with van der Waals surface area (Å²) < 4.78 is 0. The van der Waals surface area contributed by atoms with Crippen molar-refractivity contribution in [2.75, 3.05) is 10.6 Å². The predicted octanol–water partition coefficient (Wildman–Crippen LogP) is 3.91. The van der Waals surface area contributed by atoms with E-state index in [9.17, 15) is 0 Å². The molecule has 0 saturated heterocycles. The SMILES string of the molecule is c1ccc(Nc2ncc3ncnc(Nc4ccccc4)c3n2)cc1. The molecule has 2 aromatic carbocycles. The molecule has 0 aliphatic carbocycles. The molecule has 0 atom stereocenters. The van der Waals surface area contributed by atoms with Gasteiger partial charge < -0.3 is 10.6 Å². The third-order valence-corrected chi connectivity index (χ3v) is 3.44. The minimum Gasteiger partial charge on any atom is -0.338 e. The maximum Gasteiger partial charge on any atom is 0.227 e. The van der Waals surface area contributed by atoms with Crippen LogP contribution in [0.1, 0.15) is 0 Å². The van der Waals surface area contributed by atoms with E-state index in [2.05, 4.69) is 30.6 Å². The topological polar surface area (TPSA) is 75.6 Å². The lowest BCUT2D eigenvalue weighted by atomic mass is 10.3. The molecule has 0 spiro atoms. The van der Waals surface area contributed by atoms with Gasteiger partial charge in [0.15, 0.2) is 5.82 Å². The van der Waals surface area contributed by atoms with Gasteiger partial charge in [0.1, 0.15) is 17.4 Å². The fourth-order valence-electron chi connectivity index (χ4n) is 2.31. The van der Waals surface area contributed by atoms with Gasteiger partial charge in [-0.3, -0.25) is 0 Å². The van der Waals surface area contributed by atoms with Crippen LogP contribution in [0.4, 0.5) is 23.1 Å². The molecule has 6 nitrogen and oxygen atoms in total. The van der Waals surface area contributed by atoms with Crippen LogP contribution < -0.4 is 10.6 Å². The predicted molar refractivity (Wildman–Crippen MR) is 94.6 cm³/mol. The molecule has 0 amide bonds. The normalized spacial score (nSPS) is 10.5. The Balaban J connectivity index is 1.71. The van der Waals surface area contributed by atoms with Crippen LogP contribution in [-0.2, 0) is 0 Å². The van der Waals surface area contributed by atoms with E-state index in [0.29, 0.717) is 22.8 Å². The van der Waals surface area contributed by atoms with Crippen LogP contribution in [0.15, 0.2) is 73.2 Å². The monoisotopic (exact) mass is 314 g/mol. The van der Waals surface area contributed by atoms with Gasteiger partial charge in [-0.2, -0.15) is 0 Å². The first-order valence-corrected chi connectivity index (χ1v) is 7.50. The summed E-state index contributed by atoms with van der Waals surface area (Å²) in [4.78, 5) is 17.4. The van der Waals surface area contributed by atoms with Crippen LogP contribution in [0, 0.1) is 0 Å². The number of rotatable bonds is 4. The highest BCUT2D eigenvalue weighted by molar-refractivity contribution is 5.87. The fraction of sp³-hybridized carbons (Fsp3) is 0. The Bertz CT molecular complexity index is 957. The molecule has 0 saturated carbocycles. The van der Waals surface area contributed by atoms with Crippen molar-refractivity contribution in [2.45, 2.75) is 0 Å². The van der Waals surface area contributed by atoms with Gasteiger partial charge in [0.2, 0.25) is 5.95 Å². The summed E-state index contributed by atoms with van der Waals surface area (Å²) in [5, 5.41) is 6.45. The van der Waals surface area contributed by atoms with Crippen LogP contribution in [0.5, 0.6) is 0 Å². The Hall–Kier alpha value is -3.54. The van der Waals surface area contributed by atoms with Crippen molar-refractivity contribution in [1.82, 2.24) is 19.9 Å². The molecule has 4 aromatic rings. The molecule has 4 rings (SSSR count). The summed E-state index contributed by atoms with van der Waals surface area (Å²) in [6, 6.07) is 19.6. The highest BCUT2D eigenvalue weighted by Crippen LogP contribution is 2.22. The Morgan fingerprint density at radius 2 is 1.33 bits per heavy atom. The van der Waals surface area contributed by atoms with E-state index in [4.69, 9.17) is 0 Å². The maximum absolute atomic E-state index is 4.56. The molecular formula is C18H14N6. The Labute approximate surface area is 138 Å². The van der Waals surface area contributed by atoms with E-state index in [1.807, 2.05) is 60.7 Å². The minimum absolute atomic E-state index is 0.500. The van der Waals surface area contributed by atoms with E-state index in [0.717, 1.165) is 11.4 Å². The third-order valence-electron chi connectivity index (χ3n) is 3.44. The second kappa shape index (κ2) is 6.29. The summed E-state index contributed by atoms with van der Waals surface area (Å²) in [5.74, 6) is 1.14. The Kier molecular flexibility index (Phi) is 3.69. The summed E-state index contributed by atoms with van der Waals surface area (Å²) in [6.45, 7) is 0. The average molecular weight is 314 g/mol. The number of aromatic nitrogens is 4. The first-order valence-electron chi connectivity index (χ1n) is 7.50. The van der Waals surface area contributed by atoms with E-state index in [1.54, 1.807) is 6.20 Å². The molecule has 0 bridgehead atoms. The van der Waals surface area contributed by atoms with Crippen LogP contribution in [0.2, 0.25) is 0 Å². The van der Waals surface area contributed by atoms with E-state index >= 15 is 0 Å². The number of fused-ring (bicyclic) bond motifs is 1. The standard InChI is InChI=1S/C18H14N6/c1-3-7-13(8-4-1)22-17-16-15(20-12-21-17)11-19-18(24-16)23-14-9-5-2-6-10-14/h1-12H,(H,19,23,24)(H,20,21,22). The molecular weight excluding hydrogens is 300 g/mol. The number of para-hydroxylation sites is 2. The molecule has 2 aromatic heterocycles. The highest BCUT2D eigenvalue weighted by Gasteiger charge is 2.08. The molecule has 6 heteroatoms. The van der Waals surface area contributed by atoms with Gasteiger partial charge in [0.05, 0.1) is 6.20 Å². The van der Waals surface area contributed by atoms with Crippen molar-refractivity contribution in [3.63, 3.8) is 0 Å². The molecule has 0 aliphatic heterocycles. The smallest absolute Gasteiger partial charge is 0.227 e. The number of benzene rings is 2. The van der Waals surface area contributed by atoms with E-state index in [1.165, 1.54) is 6.33 Å². The molecule has 0 aliphatic rings. The largest absolute Gasteiger partial charge is 0.338 e. The van der Waals surface area contributed by atoms with Gasteiger partial charge in [-0.1, -0.05) is 36.4 Å². The molecule has 2 heterocycles. The van der Waals surface area contributed by atoms with Crippen molar-refractivity contribution >= 4 is 34.2 Å². The van der Waals surface area contributed by atoms with E-state index in [-0.39, 0.29) is 0 Å². The van der Waals surface area contributed by atoms with Crippen LogP contribution >= 0.6 is 0 Å². The molecule has 0 unspecified atom stereocenters. The first-order chi connectivity index (χ1) is 11.9. The van der Waals surface area contributed by atoms with Gasteiger partial charge in [0, 0.05) is 11.4 Å². The van der Waals surface area contributed by atoms with E-state index < -0.39 is 0 Å². The third kappa shape index (κ3) is 2.98. The van der Waals surface area contributed by atoms with Crippen molar-refractivity contribution in [2.24, 2.45) is 0 Å². The minimum atomic E-state index is 0.500. The van der Waals surface area contributed by atoms with Gasteiger partial charge >= 0.3 is 0 Å². The number of hydrogen-bond acceptors (Lipinski definition) is 6. The quantitative estimate of drug-likeness (QED) is 0.595. The fourth-order valence-corrected chi connectivity index (χ4v) is 2.31. The van der Waals surface area contributed by atoms with Crippen LogP contribution in [0.25, 0.3) is 11.0 Å². The van der Waals surface area contributed by atoms with Gasteiger partial charge in [-0.25, -0.2) is 19.9 Å². The average Bonchev–Trinajstić information content (AvgIpc) is 2.64. The maximum atomic E-state index is 4.56. The highest BCUT2D eigenvalue weighted by atomic mass is 15.1. The van der Waals surface area contributed by atoms with Crippen molar-refractivity contribution in [3.8, 4) is 0 Å². The lowest BCUT2D eigenvalue weighted by Gasteiger charge is -2.09. The van der Waals surface area contributed by atoms with Gasteiger partial charge in [-0.05, 0) is 24.3 Å².